The molecule has 2 N–H and O–H groups in total. The van der Waals surface area contributed by atoms with Crippen molar-refractivity contribution in [2.24, 2.45) is 0 Å². The van der Waals surface area contributed by atoms with Gasteiger partial charge < -0.3 is 15.4 Å². The van der Waals surface area contributed by atoms with E-state index < -0.39 is 40.9 Å². The molecule has 158 valence electrons. The molecule has 0 unspecified atom stereocenters. The number of ether oxygens (including phenoxy) is 1. The zero-order valence-corrected chi connectivity index (χ0v) is 15.7. The van der Waals surface area contributed by atoms with Crippen molar-refractivity contribution in [2.45, 2.75) is 13.3 Å². The van der Waals surface area contributed by atoms with E-state index in [1.165, 1.54) is 12.1 Å². The van der Waals surface area contributed by atoms with Gasteiger partial charge in [-0.1, -0.05) is 6.07 Å². The number of halogens is 2. The standard InChI is InChI=1S/C19H17F2N3O6/c1-11-2-5-15(16(8-11)24(28)29)23-17(25)10-30-18(26)6-7-22-19(27)13-4-3-12(20)9-14(13)21/h2-5,8-9H,6-7,10H2,1H3,(H,22,27)(H,23,25). The first-order chi connectivity index (χ1) is 14.2. The van der Waals surface area contributed by atoms with Crippen molar-refractivity contribution < 1.29 is 32.8 Å². The van der Waals surface area contributed by atoms with Crippen LogP contribution in [0.3, 0.4) is 0 Å². The smallest absolute Gasteiger partial charge is 0.308 e. The molecule has 0 bridgehead atoms. The van der Waals surface area contributed by atoms with Crippen molar-refractivity contribution in [3.8, 4) is 0 Å². The SMILES string of the molecule is Cc1ccc(NC(=O)COC(=O)CCNC(=O)c2ccc(F)cc2F)c([N+](=O)[O-])c1. The van der Waals surface area contributed by atoms with Crippen LogP contribution in [0.25, 0.3) is 0 Å². The van der Waals surface area contributed by atoms with Gasteiger partial charge in [0.25, 0.3) is 17.5 Å². The third-order valence-corrected chi connectivity index (χ3v) is 3.78. The lowest BCUT2D eigenvalue weighted by atomic mass is 10.2. The molecule has 0 heterocycles. The Balaban J connectivity index is 1.77. The fourth-order valence-electron chi connectivity index (χ4n) is 2.35. The summed E-state index contributed by atoms with van der Waals surface area (Å²) in [5.74, 6) is -4.33. The van der Waals surface area contributed by atoms with E-state index in [0.29, 0.717) is 11.6 Å². The van der Waals surface area contributed by atoms with Crippen LogP contribution < -0.4 is 10.6 Å². The van der Waals surface area contributed by atoms with Crippen molar-refractivity contribution >= 4 is 29.2 Å². The second kappa shape index (κ2) is 10.0. The Hall–Kier alpha value is -3.89. The van der Waals surface area contributed by atoms with E-state index in [1.807, 2.05) is 0 Å². The highest BCUT2D eigenvalue weighted by Gasteiger charge is 2.17. The Bertz CT molecular complexity index is 996. The molecule has 0 aromatic heterocycles. The number of rotatable bonds is 8. The fourth-order valence-corrected chi connectivity index (χ4v) is 2.35. The largest absolute Gasteiger partial charge is 0.456 e. The van der Waals surface area contributed by atoms with Gasteiger partial charge in [0.1, 0.15) is 17.3 Å². The number of nitro groups is 1. The molecular weight excluding hydrogens is 404 g/mol. The minimum atomic E-state index is -1.04. The van der Waals surface area contributed by atoms with Gasteiger partial charge in [-0.05, 0) is 30.7 Å². The van der Waals surface area contributed by atoms with Crippen LogP contribution in [0, 0.1) is 28.7 Å². The highest BCUT2D eigenvalue weighted by Crippen LogP contribution is 2.25. The van der Waals surface area contributed by atoms with Crippen molar-refractivity contribution in [3.05, 3.63) is 69.3 Å². The summed E-state index contributed by atoms with van der Waals surface area (Å²) in [7, 11) is 0. The van der Waals surface area contributed by atoms with Crippen LogP contribution in [0.15, 0.2) is 36.4 Å². The third kappa shape index (κ3) is 6.33. The van der Waals surface area contributed by atoms with Crippen molar-refractivity contribution in [1.29, 1.82) is 0 Å². The average Bonchev–Trinajstić information content (AvgIpc) is 2.67. The molecule has 0 aliphatic heterocycles. The molecular formula is C19H17F2N3O6. The van der Waals surface area contributed by atoms with Gasteiger partial charge in [-0.15, -0.1) is 0 Å². The van der Waals surface area contributed by atoms with E-state index in [2.05, 4.69) is 10.6 Å². The van der Waals surface area contributed by atoms with E-state index in [4.69, 9.17) is 4.74 Å². The number of esters is 1. The minimum Gasteiger partial charge on any atom is -0.456 e. The van der Waals surface area contributed by atoms with E-state index in [9.17, 15) is 33.3 Å². The summed E-state index contributed by atoms with van der Waals surface area (Å²) >= 11 is 0. The molecule has 0 atom stereocenters. The fraction of sp³-hybridized carbons (Fsp3) is 0.211. The number of amides is 2. The summed E-state index contributed by atoms with van der Waals surface area (Å²) in [5, 5.41) is 15.6. The van der Waals surface area contributed by atoms with Crippen LogP contribution in [0.4, 0.5) is 20.2 Å². The van der Waals surface area contributed by atoms with Gasteiger partial charge >= 0.3 is 5.97 Å². The van der Waals surface area contributed by atoms with Gasteiger partial charge in [0.05, 0.1) is 16.9 Å². The van der Waals surface area contributed by atoms with Gasteiger partial charge in [-0.25, -0.2) is 8.78 Å². The number of hydrogen-bond acceptors (Lipinski definition) is 6. The number of benzene rings is 2. The van der Waals surface area contributed by atoms with Gasteiger partial charge in [0.2, 0.25) is 0 Å². The number of nitrogens with zero attached hydrogens (tertiary/aromatic N) is 1. The Labute approximate surface area is 169 Å². The maximum Gasteiger partial charge on any atom is 0.308 e. The normalized spacial score (nSPS) is 10.2. The number of carbonyl (C=O) groups excluding carboxylic acids is 3. The van der Waals surface area contributed by atoms with Crippen LogP contribution in [0.2, 0.25) is 0 Å². The molecule has 30 heavy (non-hydrogen) atoms. The monoisotopic (exact) mass is 421 g/mol. The number of anilines is 1. The molecule has 2 rings (SSSR count). The molecule has 0 saturated carbocycles. The molecule has 2 aromatic carbocycles. The molecule has 0 saturated heterocycles. The molecule has 11 heteroatoms. The van der Waals surface area contributed by atoms with Gasteiger partial charge in [-0.2, -0.15) is 0 Å². The number of aryl methyl sites for hydroxylation is 1. The molecule has 0 spiro atoms. The third-order valence-electron chi connectivity index (χ3n) is 3.78. The molecule has 0 radical (unpaired) electrons. The second-order valence-corrected chi connectivity index (χ2v) is 6.12. The summed E-state index contributed by atoms with van der Waals surface area (Å²) < 4.78 is 31.1. The first kappa shape index (κ1) is 22.4. The topological polar surface area (TPSA) is 128 Å². The van der Waals surface area contributed by atoms with Crippen LogP contribution in [0.5, 0.6) is 0 Å². The lowest BCUT2D eigenvalue weighted by molar-refractivity contribution is -0.384. The number of carbonyl (C=O) groups is 3. The molecule has 0 fully saturated rings. The number of hydrogen-bond donors (Lipinski definition) is 2. The Morgan fingerprint density at radius 1 is 1.13 bits per heavy atom. The summed E-state index contributed by atoms with van der Waals surface area (Å²) in [6.07, 6.45) is -0.313. The first-order valence-electron chi connectivity index (χ1n) is 8.61. The predicted octanol–water partition coefficient (Wildman–Crippen LogP) is 2.48. The zero-order valence-electron chi connectivity index (χ0n) is 15.7. The van der Waals surface area contributed by atoms with Crippen LogP contribution in [-0.4, -0.2) is 35.9 Å². The highest BCUT2D eigenvalue weighted by molar-refractivity contribution is 5.95. The lowest BCUT2D eigenvalue weighted by Gasteiger charge is -2.08. The molecule has 9 nitrogen and oxygen atoms in total. The van der Waals surface area contributed by atoms with E-state index >= 15 is 0 Å². The van der Waals surface area contributed by atoms with E-state index in [0.717, 1.165) is 12.1 Å². The summed E-state index contributed by atoms with van der Waals surface area (Å²) in [6.45, 7) is 0.757. The van der Waals surface area contributed by atoms with E-state index in [1.54, 1.807) is 13.0 Å². The van der Waals surface area contributed by atoms with Crippen molar-refractivity contribution in [1.82, 2.24) is 5.32 Å². The van der Waals surface area contributed by atoms with Crippen LogP contribution >= 0.6 is 0 Å². The molecule has 0 aliphatic rings. The highest BCUT2D eigenvalue weighted by atomic mass is 19.1. The maximum atomic E-state index is 13.5. The van der Waals surface area contributed by atoms with Gasteiger partial charge in [0.15, 0.2) is 6.61 Å². The minimum absolute atomic E-state index is 0.0414. The maximum absolute atomic E-state index is 13.5. The average molecular weight is 421 g/mol. The summed E-state index contributed by atoms with van der Waals surface area (Å²) in [5.41, 5.74) is -0.0943. The number of nitrogens with one attached hydrogen (secondary N) is 2. The Morgan fingerprint density at radius 2 is 1.87 bits per heavy atom. The zero-order chi connectivity index (χ0) is 22.3. The van der Waals surface area contributed by atoms with Gasteiger partial charge in [0, 0.05) is 18.7 Å². The second-order valence-electron chi connectivity index (χ2n) is 6.12. The van der Waals surface area contributed by atoms with Gasteiger partial charge in [-0.3, -0.25) is 24.5 Å². The quantitative estimate of drug-likeness (QED) is 0.383. The van der Waals surface area contributed by atoms with E-state index in [-0.39, 0.29) is 29.9 Å². The summed E-state index contributed by atoms with van der Waals surface area (Å²) in [6, 6.07) is 6.66. The molecule has 0 aliphatic carbocycles. The van der Waals surface area contributed by atoms with Crippen molar-refractivity contribution in [2.75, 3.05) is 18.5 Å². The Kier molecular flexibility index (Phi) is 7.50. The Morgan fingerprint density at radius 3 is 2.53 bits per heavy atom. The van der Waals surface area contributed by atoms with Crippen LogP contribution in [0.1, 0.15) is 22.3 Å². The predicted molar refractivity (Wildman–Crippen MR) is 101 cm³/mol. The van der Waals surface area contributed by atoms with Crippen molar-refractivity contribution in [3.63, 3.8) is 0 Å². The first-order valence-corrected chi connectivity index (χ1v) is 8.61. The molecule has 2 amide bonds. The molecule has 2 aromatic rings. The number of nitro benzene ring substituents is 1. The lowest BCUT2D eigenvalue weighted by Crippen LogP contribution is -2.28. The summed E-state index contributed by atoms with van der Waals surface area (Å²) in [4.78, 5) is 45.7. The van der Waals surface area contributed by atoms with Crippen LogP contribution in [-0.2, 0) is 14.3 Å².